The molecule has 0 aliphatic rings. The molecule has 0 amide bonds. The monoisotopic (exact) mass is 265 g/mol. The summed E-state index contributed by atoms with van der Waals surface area (Å²) in [7, 11) is 1.93. The third-order valence-electron chi connectivity index (χ3n) is 2.43. The van der Waals surface area contributed by atoms with E-state index in [1.807, 2.05) is 25.5 Å². The lowest BCUT2D eigenvalue weighted by atomic mass is 10.4. The van der Waals surface area contributed by atoms with Gasteiger partial charge in [-0.1, -0.05) is 11.8 Å². The van der Waals surface area contributed by atoms with Crippen LogP contribution in [0, 0.1) is 13.8 Å². The van der Waals surface area contributed by atoms with E-state index < -0.39 is 0 Å². The minimum atomic E-state index is 0.618. The Balaban J connectivity index is 2.10. The first-order chi connectivity index (χ1) is 8.60. The lowest BCUT2D eigenvalue weighted by Crippen LogP contribution is -2.10. The summed E-state index contributed by atoms with van der Waals surface area (Å²) in [6.45, 7) is 3.82. The summed E-state index contributed by atoms with van der Waals surface area (Å²) in [5.74, 6) is 8.19. The molecular weight excluding hydrogens is 250 g/mol. The number of nitrogen functional groups attached to an aromatic ring is 1. The Hall–Kier alpha value is -1.67. The van der Waals surface area contributed by atoms with E-state index in [2.05, 4.69) is 25.6 Å². The summed E-state index contributed by atoms with van der Waals surface area (Å²) in [6.07, 6.45) is 0. The van der Waals surface area contributed by atoms with Gasteiger partial charge in [-0.05, 0) is 13.8 Å². The third-order valence-corrected chi connectivity index (χ3v) is 3.45. The molecule has 7 nitrogen and oxygen atoms in total. The topological polar surface area (TPSA) is 94.5 Å². The van der Waals surface area contributed by atoms with Gasteiger partial charge in [-0.25, -0.2) is 15.8 Å². The molecule has 96 valence electrons. The summed E-state index contributed by atoms with van der Waals surface area (Å²) in [5, 5.41) is 8.92. The van der Waals surface area contributed by atoms with Gasteiger partial charge in [-0.3, -0.25) is 0 Å². The Bertz CT molecular complexity index is 551. The van der Waals surface area contributed by atoms with Crippen LogP contribution < -0.4 is 11.3 Å². The molecule has 0 aliphatic carbocycles. The summed E-state index contributed by atoms with van der Waals surface area (Å²) in [4.78, 5) is 8.63. The van der Waals surface area contributed by atoms with Crippen LogP contribution in [0.2, 0.25) is 0 Å². The van der Waals surface area contributed by atoms with Crippen molar-refractivity contribution in [3.8, 4) is 0 Å². The number of thioether (sulfide) groups is 1. The van der Waals surface area contributed by atoms with Crippen LogP contribution in [0.25, 0.3) is 0 Å². The van der Waals surface area contributed by atoms with Crippen LogP contribution in [0.5, 0.6) is 0 Å². The predicted molar refractivity (Wildman–Crippen MR) is 69.9 cm³/mol. The van der Waals surface area contributed by atoms with Gasteiger partial charge in [0.1, 0.15) is 17.5 Å². The van der Waals surface area contributed by atoms with E-state index in [-0.39, 0.29) is 0 Å². The smallest absolute Gasteiger partial charge is 0.191 e. The molecule has 0 atom stereocenters. The predicted octanol–water partition coefficient (Wildman–Crippen LogP) is 0.800. The molecule has 2 aromatic rings. The zero-order valence-electron chi connectivity index (χ0n) is 10.5. The first-order valence-electron chi connectivity index (χ1n) is 5.40. The number of rotatable bonds is 4. The maximum atomic E-state index is 5.35. The lowest BCUT2D eigenvalue weighted by molar-refractivity contribution is 0.764. The van der Waals surface area contributed by atoms with Crippen LogP contribution in [-0.2, 0) is 12.8 Å². The highest BCUT2D eigenvalue weighted by atomic mass is 32.2. The summed E-state index contributed by atoms with van der Waals surface area (Å²) in [6, 6.07) is 1.79. The van der Waals surface area contributed by atoms with Gasteiger partial charge in [0, 0.05) is 18.8 Å². The zero-order valence-corrected chi connectivity index (χ0v) is 11.3. The molecular formula is C10H15N7S. The molecule has 0 aromatic carbocycles. The molecule has 2 rings (SSSR count). The Labute approximate surface area is 109 Å². The molecule has 0 bridgehead atoms. The highest BCUT2D eigenvalue weighted by Crippen LogP contribution is 2.19. The Morgan fingerprint density at radius 1 is 1.33 bits per heavy atom. The highest BCUT2D eigenvalue weighted by molar-refractivity contribution is 7.98. The number of aryl methyl sites for hydroxylation is 2. The molecule has 0 saturated carbocycles. The maximum Gasteiger partial charge on any atom is 0.191 e. The Kier molecular flexibility index (Phi) is 3.78. The Morgan fingerprint density at radius 3 is 2.72 bits per heavy atom. The van der Waals surface area contributed by atoms with E-state index in [1.165, 1.54) is 0 Å². The van der Waals surface area contributed by atoms with Gasteiger partial charge in [0.05, 0.1) is 5.75 Å². The summed E-state index contributed by atoms with van der Waals surface area (Å²) < 4.78 is 1.93. The third kappa shape index (κ3) is 2.77. The van der Waals surface area contributed by atoms with Crippen molar-refractivity contribution in [3.05, 3.63) is 23.4 Å². The average molecular weight is 265 g/mol. The van der Waals surface area contributed by atoms with Crippen molar-refractivity contribution >= 4 is 17.6 Å². The van der Waals surface area contributed by atoms with Gasteiger partial charge >= 0.3 is 0 Å². The zero-order chi connectivity index (χ0) is 13.1. The van der Waals surface area contributed by atoms with E-state index in [0.717, 1.165) is 16.7 Å². The fraction of sp³-hybridized carbons (Fsp3) is 0.400. The molecule has 0 saturated heterocycles. The molecule has 0 radical (unpaired) electrons. The first-order valence-corrected chi connectivity index (χ1v) is 6.38. The lowest BCUT2D eigenvalue weighted by Gasteiger charge is -2.05. The largest absolute Gasteiger partial charge is 0.309 e. The first kappa shape index (κ1) is 12.8. The van der Waals surface area contributed by atoms with Crippen molar-refractivity contribution in [2.45, 2.75) is 24.8 Å². The van der Waals surface area contributed by atoms with Gasteiger partial charge < -0.3 is 9.99 Å². The second-order valence-electron chi connectivity index (χ2n) is 3.83. The standard InChI is InChI=1S/C10H15N7S/c1-6-4-8(14-11)13-9(12-6)5-18-10-16-15-7(2)17(10)3/h4H,5,11H2,1-3H3,(H,12,13,14). The van der Waals surface area contributed by atoms with Gasteiger partial charge in [-0.15, -0.1) is 10.2 Å². The molecule has 2 aromatic heterocycles. The fourth-order valence-electron chi connectivity index (χ4n) is 1.41. The van der Waals surface area contributed by atoms with E-state index in [4.69, 9.17) is 5.84 Å². The minimum Gasteiger partial charge on any atom is -0.309 e. The van der Waals surface area contributed by atoms with Crippen molar-refractivity contribution in [2.75, 3.05) is 5.43 Å². The molecule has 2 heterocycles. The van der Waals surface area contributed by atoms with E-state index in [0.29, 0.717) is 17.4 Å². The molecule has 0 fully saturated rings. The number of hydrogen-bond donors (Lipinski definition) is 2. The molecule has 0 aliphatic heterocycles. The number of anilines is 1. The van der Waals surface area contributed by atoms with E-state index in [1.54, 1.807) is 17.8 Å². The average Bonchev–Trinajstić information content (AvgIpc) is 2.67. The quantitative estimate of drug-likeness (QED) is 0.479. The minimum absolute atomic E-state index is 0.618. The second-order valence-corrected chi connectivity index (χ2v) is 4.78. The number of nitrogens with one attached hydrogen (secondary N) is 1. The molecule has 8 heteroatoms. The SMILES string of the molecule is Cc1cc(NN)nc(CSc2nnc(C)n2C)n1. The molecule has 0 unspecified atom stereocenters. The van der Waals surface area contributed by atoms with Crippen molar-refractivity contribution in [3.63, 3.8) is 0 Å². The summed E-state index contributed by atoms with van der Waals surface area (Å²) >= 11 is 1.54. The van der Waals surface area contributed by atoms with Crippen LogP contribution in [0.15, 0.2) is 11.2 Å². The second kappa shape index (κ2) is 5.32. The van der Waals surface area contributed by atoms with Crippen molar-refractivity contribution in [1.82, 2.24) is 24.7 Å². The van der Waals surface area contributed by atoms with Crippen molar-refractivity contribution in [2.24, 2.45) is 12.9 Å². The number of nitrogens with two attached hydrogens (primary N) is 1. The normalized spacial score (nSPS) is 10.7. The molecule has 3 N–H and O–H groups in total. The highest BCUT2D eigenvalue weighted by Gasteiger charge is 2.08. The maximum absolute atomic E-state index is 5.35. The van der Waals surface area contributed by atoms with E-state index >= 15 is 0 Å². The molecule has 0 spiro atoms. The van der Waals surface area contributed by atoms with Gasteiger partial charge in [0.2, 0.25) is 0 Å². The van der Waals surface area contributed by atoms with Gasteiger partial charge in [-0.2, -0.15) is 0 Å². The van der Waals surface area contributed by atoms with Gasteiger partial charge in [0.15, 0.2) is 5.16 Å². The fourth-order valence-corrected chi connectivity index (χ4v) is 2.22. The van der Waals surface area contributed by atoms with Crippen LogP contribution in [0.3, 0.4) is 0 Å². The van der Waals surface area contributed by atoms with Crippen molar-refractivity contribution < 1.29 is 0 Å². The van der Waals surface area contributed by atoms with E-state index in [9.17, 15) is 0 Å². The van der Waals surface area contributed by atoms with Gasteiger partial charge in [0.25, 0.3) is 0 Å². The van der Waals surface area contributed by atoms with Crippen LogP contribution in [-0.4, -0.2) is 24.7 Å². The summed E-state index contributed by atoms with van der Waals surface area (Å²) in [5.41, 5.74) is 3.41. The number of aromatic nitrogens is 5. The number of hydrazine groups is 1. The van der Waals surface area contributed by atoms with Crippen LogP contribution >= 0.6 is 11.8 Å². The Morgan fingerprint density at radius 2 is 2.11 bits per heavy atom. The van der Waals surface area contributed by atoms with Crippen LogP contribution in [0.1, 0.15) is 17.3 Å². The molecule has 18 heavy (non-hydrogen) atoms. The van der Waals surface area contributed by atoms with Crippen molar-refractivity contribution in [1.29, 1.82) is 0 Å². The number of nitrogens with zero attached hydrogens (tertiary/aromatic N) is 5. The van der Waals surface area contributed by atoms with Crippen LogP contribution in [0.4, 0.5) is 5.82 Å². The number of hydrogen-bond acceptors (Lipinski definition) is 7.